The molecule has 0 saturated heterocycles. The van der Waals surface area contributed by atoms with Crippen molar-refractivity contribution >= 4 is 7.82 Å². The van der Waals surface area contributed by atoms with Crippen LogP contribution in [0, 0.1) is 0 Å². The van der Waals surface area contributed by atoms with Gasteiger partial charge in [0.05, 0.1) is 47.6 Å². The second-order valence-corrected chi connectivity index (χ2v) is 6.07. The van der Waals surface area contributed by atoms with Gasteiger partial charge >= 0.3 is 7.82 Å². The van der Waals surface area contributed by atoms with Crippen LogP contribution >= 0.6 is 7.82 Å². The maximum atomic E-state index is 9.81. The lowest BCUT2D eigenvalue weighted by atomic mass is 10.4. The van der Waals surface area contributed by atoms with Gasteiger partial charge in [0.2, 0.25) is 0 Å². The predicted octanol–water partition coefficient (Wildman–Crippen LogP) is -1.70. The van der Waals surface area contributed by atoms with Crippen LogP contribution in [-0.4, -0.2) is 94.9 Å². The molecule has 0 aromatic rings. The molecule has 0 unspecified atom stereocenters. The Morgan fingerprint density at radius 2 is 1.62 bits per heavy atom. The van der Waals surface area contributed by atoms with Crippen LogP contribution in [0.1, 0.15) is 0 Å². The molecule has 6 N–H and O–H groups in total. The van der Waals surface area contributed by atoms with Gasteiger partial charge < -0.3 is 34.7 Å². The fourth-order valence-corrected chi connectivity index (χ4v) is 0.807. The summed E-state index contributed by atoms with van der Waals surface area (Å²) < 4.78 is 14.6. The minimum atomic E-state index is -4.25. The lowest BCUT2D eigenvalue weighted by molar-refractivity contribution is -0.870. The number of nitrogens with zero attached hydrogens (tertiary/aromatic N) is 1. The summed E-state index contributed by atoms with van der Waals surface area (Å²) >= 11 is 0. The smallest absolute Gasteiger partial charge is 0.394 e. The van der Waals surface area contributed by atoms with E-state index >= 15 is 0 Å². The Kier molecular flexibility index (Phi) is 17.8. The Bertz CT molecular complexity index is 272. The molecule has 10 heteroatoms. The van der Waals surface area contributed by atoms with E-state index in [4.69, 9.17) is 30.2 Å². The highest BCUT2D eigenvalue weighted by atomic mass is 31.2. The fraction of sp³-hybridized carbons (Fsp3) is 0.818. The Hall–Kier alpha value is -0.350. The van der Waals surface area contributed by atoms with E-state index in [2.05, 4.69) is 32.2 Å². The topological polar surface area (TPSA) is 148 Å². The van der Waals surface area contributed by atoms with E-state index in [1.165, 1.54) is 6.08 Å². The van der Waals surface area contributed by atoms with Crippen molar-refractivity contribution in [2.24, 2.45) is 0 Å². The van der Waals surface area contributed by atoms with Crippen LogP contribution in [0.2, 0.25) is 0 Å². The molecule has 0 saturated carbocycles. The van der Waals surface area contributed by atoms with Crippen LogP contribution in [0.15, 0.2) is 12.7 Å². The largest absolute Gasteiger partial charge is 0.469 e. The van der Waals surface area contributed by atoms with E-state index in [-0.39, 0.29) is 26.4 Å². The highest BCUT2D eigenvalue weighted by Crippen LogP contribution is 2.35. The summed E-state index contributed by atoms with van der Waals surface area (Å²) in [7, 11) is 1.90. The second kappa shape index (κ2) is 14.6. The van der Waals surface area contributed by atoms with E-state index in [0.717, 1.165) is 11.0 Å². The zero-order valence-electron chi connectivity index (χ0n) is 12.8. The van der Waals surface area contributed by atoms with E-state index < -0.39 is 13.9 Å². The van der Waals surface area contributed by atoms with Gasteiger partial charge in [0.15, 0.2) is 0 Å². The first-order valence-electron chi connectivity index (χ1n) is 6.05. The molecular formula is C11H29NO8P+. The van der Waals surface area contributed by atoms with Crippen molar-refractivity contribution < 1.29 is 43.8 Å². The molecule has 0 aromatic carbocycles. The molecule has 0 spiro atoms. The van der Waals surface area contributed by atoms with Gasteiger partial charge in [-0.2, -0.15) is 0 Å². The van der Waals surface area contributed by atoms with Crippen LogP contribution in [-0.2, 0) is 9.09 Å². The summed E-state index contributed by atoms with van der Waals surface area (Å²) in [6.45, 7) is 3.46. The van der Waals surface area contributed by atoms with Gasteiger partial charge in [-0.3, -0.25) is 4.52 Å². The lowest BCUT2D eigenvalue weighted by Gasteiger charge is -2.21. The van der Waals surface area contributed by atoms with Crippen LogP contribution < -0.4 is 0 Å². The molecule has 0 aliphatic carbocycles. The first kappa shape index (κ1) is 25.6. The molecule has 9 nitrogen and oxygen atoms in total. The number of aliphatic hydroxyl groups excluding tert-OH is 4. The van der Waals surface area contributed by atoms with Gasteiger partial charge in [-0.05, 0) is 0 Å². The summed E-state index contributed by atoms with van der Waals surface area (Å²) in [5.74, 6) is 0. The number of quaternary nitrogens is 1. The Morgan fingerprint density at radius 1 is 1.19 bits per heavy atom. The van der Waals surface area contributed by atoms with E-state index in [0.29, 0.717) is 0 Å². The first-order valence-corrected chi connectivity index (χ1v) is 7.58. The van der Waals surface area contributed by atoms with Gasteiger partial charge in [-0.1, -0.05) is 6.08 Å². The van der Waals surface area contributed by atoms with Gasteiger partial charge in [-0.25, -0.2) is 4.57 Å². The maximum absolute atomic E-state index is 9.81. The molecule has 0 heterocycles. The number of aliphatic hydroxyl groups is 4. The van der Waals surface area contributed by atoms with Crippen molar-refractivity contribution in [3.8, 4) is 0 Å². The minimum Gasteiger partial charge on any atom is -0.394 e. The number of rotatable bonds is 7. The third kappa shape index (κ3) is 38.3. The van der Waals surface area contributed by atoms with Crippen LogP contribution in [0.25, 0.3) is 0 Å². The molecule has 0 radical (unpaired) electrons. The Balaban J connectivity index is -0.000000234. The van der Waals surface area contributed by atoms with E-state index in [9.17, 15) is 4.57 Å². The van der Waals surface area contributed by atoms with Crippen LogP contribution in [0.4, 0.5) is 0 Å². The number of phosphoric ester groups is 1. The van der Waals surface area contributed by atoms with Crippen molar-refractivity contribution in [3.63, 3.8) is 0 Å². The van der Waals surface area contributed by atoms with Gasteiger partial charge in [0.25, 0.3) is 0 Å². The monoisotopic (exact) mass is 334 g/mol. The first-order chi connectivity index (χ1) is 9.43. The molecule has 0 rings (SSSR count). The third-order valence-electron chi connectivity index (χ3n) is 1.55. The number of hydrogen-bond acceptors (Lipinski definition) is 6. The summed E-state index contributed by atoms with van der Waals surface area (Å²) in [5, 5.41) is 32.4. The molecule has 0 bridgehead atoms. The average Bonchev–Trinajstić information content (AvgIpc) is 2.34. The van der Waals surface area contributed by atoms with Crippen molar-refractivity contribution in [1.82, 2.24) is 0 Å². The summed E-state index contributed by atoms with van der Waals surface area (Å²) in [6, 6.07) is 0. The molecular weight excluding hydrogens is 305 g/mol. The van der Waals surface area contributed by atoms with Gasteiger partial charge in [-0.15, -0.1) is 6.58 Å². The van der Waals surface area contributed by atoms with E-state index in [1.807, 2.05) is 0 Å². The maximum Gasteiger partial charge on any atom is 0.469 e. The summed E-state index contributed by atoms with van der Waals surface area (Å²) in [6.07, 6.45) is 0.309. The molecule has 0 fully saturated rings. The molecule has 0 aliphatic rings. The number of likely N-dealkylation sites (N-methyl/N-ethyl adjacent to an activating group) is 1. The Labute approximate surface area is 125 Å². The summed E-state index contributed by atoms with van der Waals surface area (Å²) in [5.41, 5.74) is 0. The predicted molar refractivity (Wildman–Crippen MR) is 78.4 cm³/mol. The zero-order valence-corrected chi connectivity index (χ0v) is 13.7. The molecule has 21 heavy (non-hydrogen) atoms. The Morgan fingerprint density at radius 3 is 1.67 bits per heavy atom. The third-order valence-corrected chi connectivity index (χ3v) is 2.04. The standard InChI is InChI=1S/C5H14NO.C3H7O4P.C3H8O3/c1-6(2,3)4-5-7;1-2-3-7-8(4,5)6;4-1-3(6)2-5/h7H,4-5H2,1-3H3;2H,1,3H2,(H2,4,5,6);3-6H,1-2H2/q+1;;. The molecule has 0 atom stereocenters. The highest BCUT2D eigenvalue weighted by molar-refractivity contribution is 7.46. The quantitative estimate of drug-likeness (QED) is 0.183. The summed E-state index contributed by atoms with van der Waals surface area (Å²) in [4.78, 5) is 16.0. The minimum absolute atomic E-state index is 0.121. The van der Waals surface area contributed by atoms with Gasteiger partial charge in [0, 0.05) is 0 Å². The molecule has 0 aliphatic heterocycles. The number of phosphoric acid groups is 1. The van der Waals surface area contributed by atoms with Crippen molar-refractivity contribution in [3.05, 3.63) is 12.7 Å². The van der Waals surface area contributed by atoms with Crippen molar-refractivity contribution in [1.29, 1.82) is 0 Å². The van der Waals surface area contributed by atoms with Gasteiger partial charge in [0.1, 0.15) is 12.6 Å². The SMILES string of the molecule is C=CCOP(=O)(O)O.C[N+](C)(C)CCO.OCC(O)CO. The molecule has 0 aromatic heterocycles. The van der Waals surface area contributed by atoms with E-state index in [1.54, 1.807) is 0 Å². The lowest BCUT2D eigenvalue weighted by Crippen LogP contribution is -2.36. The fourth-order valence-electron chi connectivity index (χ4n) is 0.508. The van der Waals surface area contributed by atoms with Crippen LogP contribution in [0.3, 0.4) is 0 Å². The second-order valence-electron chi connectivity index (χ2n) is 4.83. The highest BCUT2D eigenvalue weighted by Gasteiger charge is 2.10. The van der Waals surface area contributed by atoms with Crippen molar-refractivity contribution in [2.75, 3.05) is 54.1 Å². The average molecular weight is 334 g/mol. The normalized spacial score (nSPS) is 11.1. The van der Waals surface area contributed by atoms with Crippen LogP contribution in [0.5, 0.6) is 0 Å². The number of hydrogen-bond donors (Lipinski definition) is 6. The van der Waals surface area contributed by atoms with Crippen molar-refractivity contribution in [2.45, 2.75) is 6.10 Å². The zero-order chi connectivity index (χ0) is 17.5. The molecule has 0 amide bonds. The molecule has 130 valence electrons.